The number of amides is 1. The van der Waals surface area contributed by atoms with Crippen molar-refractivity contribution < 1.29 is 4.79 Å². The molecule has 1 aliphatic heterocycles. The molecular formula is C16H23ClN2O. The molecule has 0 bridgehead atoms. The highest BCUT2D eigenvalue weighted by atomic mass is 35.5. The van der Waals surface area contributed by atoms with E-state index in [4.69, 9.17) is 11.6 Å². The molecule has 0 unspecified atom stereocenters. The molecule has 0 N–H and O–H groups in total. The van der Waals surface area contributed by atoms with Crippen LogP contribution in [0.3, 0.4) is 0 Å². The van der Waals surface area contributed by atoms with Crippen molar-refractivity contribution in [1.82, 2.24) is 9.80 Å². The predicted octanol–water partition coefficient (Wildman–Crippen LogP) is 3.03. The van der Waals surface area contributed by atoms with Gasteiger partial charge in [0.1, 0.15) is 0 Å². The van der Waals surface area contributed by atoms with Gasteiger partial charge in [-0.25, -0.2) is 0 Å². The van der Waals surface area contributed by atoms with Gasteiger partial charge in [-0.05, 0) is 45.5 Å². The van der Waals surface area contributed by atoms with E-state index >= 15 is 0 Å². The molecule has 3 nitrogen and oxygen atoms in total. The summed E-state index contributed by atoms with van der Waals surface area (Å²) in [4.78, 5) is 16.9. The van der Waals surface area contributed by atoms with E-state index in [9.17, 15) is 4.79 Å². The van der Waals surface area contributed by atoms with Crippen LogP contribution in [0.15, 0.2) is 24.3 Å². The van der Waals surface area contributed by atoms with E-state index in [2.05, 4.69) is 25.8 Å². The lowest BCUT2D eigenvalue weighted by Gasteiger charge is -2.29. The maximum Gasteiger partial charge on any atom is 0.227 e. The monoisotopic (exact) mass is 294 g/mol. The number of halogens is 1. The summed E-state index contributed by atoms with van der Waals surface area (Å²) < 4.78 is 0. The predicted molar refractivity (Wildman–Crippen MR) is 82.7 cm³/mol. The molecule has 0 spiro atoms. The van der Waals surface area contributed by atoms with Gasteiger partial charge >= 0.3 is 0 Å². The lowest BCUT2D eigenvalue weighted by Crippen LogP contribution is -2.41. The Morgan fingerprint density at radius 1 is 1.45 bits per heavy atom. The van der Waals surface area contributed by atoms with Gasteiger partial charge in [-0.3, -0.25) is 4.79 Å². The van der Waals surface area contributed by atoms with Crippen LogP contribution in [0.25, 0.3) is 0 Å². The summed E-state index contributed by atoms with van der Waals surface area (Å²) in [6.07, 6.45) is 0.959. The summed E-state index contributed by atoms with van der Waals surface area (Å²) in [5.74, 6) is 0.383. The number of nitrogens with zero attached hydrogens (tertiary/aromatic N) is 2. The summed E-state index contributed by atoms with van der Waals surface area (Å²) in [6, 6.07) is 7.94. The number of hydrogen-bond acceptors (Lipinski definition) is 2. The fourth-order valence-corrected chi connectivity index (χ4v) is 2.89. The van der Waals surface area contributed by atoms with Crippen molar-refractivity contribution in [3.05, 3.63) is 34.9 Å². The molecule has 0 radical (unpaired) electrons. The molecule has 0 saturated carbocycles. The molecule has 110 valence electrons. The van der Waals surface area contributed by atoms with Crippen LogP contribution in [0, 0.1) is 5.92 Å². The molecule has 4 heteroatoms. The minimum Gasteiger partial charge on any atom is -0.336 e. The summed E-state index contributed by atoms with van der Waals surface area (Å²) in [6.45, 7) is 6.59. The largest absolute Gasteiger partial charge is 0.336 e. The molecule has 1 aliphatic rings. The highest BCUT2D eigenvalue weighted by Gasteiger charge is 2.31. The quantitative estimate of drug-likeness (QED) is 0.852. The molecule has 0 aliphatic carbocycles. The molecule has 0 aromatic heterocycles. The smallest absolute Gasteiger partial charge is 0.227 e. The van der Waals surface area contributed by atoms with Gasteiger partial charge in [-0.2, -0.15) is 0 Å². The Hall–Kier alpha value is -1.06. The number of carbonyl (C=O) groups is 1. The van der Waals surface area contributed by atoms with Crippen molar-refractivity contribution in [2.24, 2.45) is 5.92 Å². The van der Waals surface area contributed by atoms with Gasteiger partial charge < -0.3 is 9.80 Å². The Bertz CT molecular complexity index is 475. The third-order valence-corrected chi connectivity index (χ3v) is 4.31. The molecule has 2 rings (SSSR count). The van der Waals surface area contributed by atoms with Crippen LogP contribution in [0.5, 0.6) is 0 Å². The number of rotatable bonds is 4. The van der Waals surface area contributed by atoms with E-state index in [0.717, 1.165) is 30.1 Å². The van der Waals surface area contributed by atoms with Crippen molar-refractivity contribution in [1.29, 1.82) is 0 Å². The first-order chi connectivity index (χ1) is 9.49. The average Bonchev–Trinajstić information content (AvgIpc) is 2.83. The minimum atomic E-state index is 0.130. The van der Waals surface area contributed by atoms with Gasteiger partial charge in [-0.1, -0.05) is 29.8 Å². The zero-order valence-corrected chi connectivity index (χ0v) is 13.2. The summed E-state index contributed by atoms with van der Waals surface area (Å²) in [5, 5.41) is 0.731. The van der Waals surface area contributed by atoms with Gasteiger partial charge in [0.25, 0.3) is 0 Å². The summed E-state index contributed by atoms with van der Waals surface area (Å²) >= 11 is 6.21. The highest BCUT2D eigenvalue weighted by Crippen LogP contribution is 2.23. The van der Waals surface area contributed by atoms with Crippen molar-refractivity contribution in [2.75, 3.05) is 20.1 Å². The first kappa shape index (κ1) is 15.3. The van der Waals surface area contributed by atoms with Gasteiger partial charge in [-0.15, -0.1) is 0 Å². The number of likely N-dealkylation sites (tertiary alicyclic amines) is 1. The van der Waals surface area contributed by atoms with E-state index in [1.54, 1.807) is 0 Å². The van der Waals surface area contributed by atoms with E-state index < -0.39 is 0 Å². The van der Waals surface area contributed by atoms with Crippen molar-refractivity contribution in [3.8, 4) is 0 Å². The second-order valence-corrected chi connectivity index (χ2v) is 6.31. The van der Waals surface area contributed by atoms with Gasteiger partial charge in [0, 0.05) is 24.2 Å². The van der Waals surface area contributed by atoms with E-state index in [1.807, 2.05) is 29.2 Å². The average molecular weight is 295 g/mol. The maximum atomic E-state index is 12.7. The van der Waals surface area contributed by atoms with Crippen LogP contribution >= 0.6 is 11.6 Å². The maximum absolute atomic E-state index is 12.7. The third kappa shape index (κ3) is 3.53. The fourth-order valence-electron chi connectivity index (χ4n) is 2.70. The molecule has 1 amide bonds. The van der Waals surface area contributed by atoms with E-state index in [0.29, 0.717) is 6.54 Å². The summed E-state index contributed by atoms with van der Waals surface area (Å²) in [5.41, 5.74) is 1.02. The first-order valence-corrected chi connectivity index (χ1v) is 7.59. The second-order valence-electron chi connectivity index (χ2n) is 5.90. The molecule has 1 atom stereocenters. The topological polar surface area (TPSA) is 23.6 Å². The highest BCUT2D eigenvalue weighted by molar-refractivity contribution is 6.31. The van der Waals surface area contributed by atoms with Crippen LogP contribution < -0.4 is 0 Å². The van der Waals surface area contributed by atoms with Crippen molar-refractivity contribution >= 4 is 17.5 Å². The minimum absolute atomic E-state index is 0.130. The molecule has 1 saturated heterocycles. The molecule has 1 aromatic rings. The molecular weight excluding hydrogens is 272 g/mol. The van der Waals surface area contributed by atoms with Crippen molar-refractivity contribution in [3.63, 3.8) is 0 Å². The normalized spacial score (nSPS) is 19.6. The van der Waals surface area contributed by atoms with Crippen LogP contribution in [0.4, 0.5) is 0 Å². The fraction of sp³-hybridized carbons (Fsp3) is 0.562. The molecule has 1 aromatic carbocycles. The zero-order valence-electron chi connectivity index (χ0n) is 12.5. The Morgan fingerprint density at radius 2 is 2.15 bits per heavy atom. The van der Waals surface area contributed by atoms with Crippen molar-refractivity contribution in [2.45, 2.75) is 32.9 Å². The van der Waals surface area contributed by atoms with E-state index in [-0.39, 0.29) is 17.9 Å². The zero-order chi connectivity index (χ0) is 14.7. The second kappa shape index (κ2) is 6.59. The van der Waals surface area contributed by atoms with Crippen LogP contribution in [0.2, 0.25) is 5.02 Å². The Kier molecular flexibility index (Phi) is 5.06. The molecule has 1 fully saturated rings. The lowest BCUT2D eigenvalue weighted by atomic mass is 10.1. The van der Waals surface area contributed by atoms with Gasteiger partial charge in [0.05, 0.1) is 5.92 Å². The molecule has 1 heterocycles. The first-order valence-electron chi connectivity index (χ1n) is 7.21. The lowest BCUT2D eigenvalue weighted by molar-refractivity contribution is -0.137. The van der Waals surface area contributed by atoms with Crippen LogP contribution in [-0.4, -0.2) is 41.9 Å². The Labute approximate surface area is 126 Å². The van der Waals surface area contributed by atoms with Gasteiger partial charge in [0.2, 0.25) is 5.91 Å². The Balaban J connectivity index is 2.11. The number of carbonyl (C=O) groups excluding carboxylic acids is 1. The van der Waals surface area contributed by atoms with E-state index in [1.165, 1.54) is 0 Å². The molecule has 20 heavy (non-hydrogen) atoms. The van der Waals surface area contributed by atoms with Gasteiger partial charge in [0.15, 0.2) is 0 Å². The van der Waals surface area contributed by atoms with Crippen LogP contribution in [-0.2, 0) is 11.3 Å². The SMILES string of the molecule is CC(C)N(Cc1ccccc1Cl)C(=O)[C@@H]1CCN(C)C1. The number of hydrogen-bond donors (Lipinski definition) is 0. The number of benzene rings is 1. The van der Waals surface area contributed by atoms with Crippen LogP contribution in [0.1, 0.15) is 25.8 Å². The third-order valence-electron chi connectivity index (χ3n) is 3.95. The Morgan fingerprint density at radius 3 is 2.70 bits per heavy atom. The standard InChI is InChI=1S/C16H23ClN2O/c1-12(2)19(11-13-6-4-5-7-15(13)17)16(20)14-8-9-18(3)10-14/h4-7,12,14H,8-11H2,1-3H3/t14-/m1/s1. The summed E-state index contributed by atoms with van der Waals surface area (Å²) in [7, 11) is 2.07.